The number of pyridine rings is 1. The number of carbonyl (C=O) groups excluding carboxylic acids is 1. The summed E-state index contributed by atoms with van der Waals surface area (Å²) >= 11 is 0. The Balaban J connectivity index is 2.02. The molecule has 0 amide bonds. The second-order valence-corrected chi connectivity index (χ2v) is 3.97. The number of nitrogens with one attached hydrogen (secondary N) is 1. The van der Waals surface area contributed by atoms with Crippen LogP contribution >= 0.6 is 0 Å². The lowest BCUT2D eigenvalue weighted by Crippen LogP contribution is -2.18. The molecule has 0 spiro atoms. The van der Waals surface area contributed by atoms with Gasteiger partial charge in [0.15, 0.2) is 5.78 Å². The first kappa shape index (κ1) is 9.54. The Bertz CT molecular complexity index is 527. The number of fused-ring (bicyclic) bond motifs is 1. The van der Waals surface area contributed by atoms with E-state index in [0.717, 1.165) is 23.9 Å². The monoisotopic (exact) mass is 216 g/mol. The number of rotatable bonds is 2. The highest BCUT2D eigenvalue weighted by atomic mass is 16.5. The Hall–Kier alpha value is -1.68. The molecule has 1 unspecified atom stereocenters. The lowest BCUT2D eigenvalue weighted by Gasteiger charge is -2.06. The molecule has 0 saturated carbocycles. The zero-order chi connectivity index (χ0) is 11.0. The van der Waals surface area contributed by atoms with Crippen LogP contribution in [0.5, 0.6) is 0 Å². The van der Waals surface area contributed by atoms with Gasteiger partial charge in [0.05, 0.1) is 0 Å². The molecule has 0 bridgehead atoms. The Morgan fingerprint density at radius 1 is 1.56 bits per heavy atom. The Labute approximate surface area is 92.6 Å². The smallest absolute Gasteiger partial charge is 0.193 e. The van der Waals surface area contributed by atoms with Crippen LogP contribution in [0.1, 0.15) is 23.2 Å². The molecule has 1 aliphatic heterocycles. The molecular weight excluding hydrogens is 204 g/mol. The van der Waals surface area contributed by atoms with Crippen molar-refractivity contribution in [3.8, 4) is 0 Å². The molecule has 0 aromatic carbocycles. The molecule has 3 heterocycles. The third-order valence-electron chi connectivity index (χ3n) is 2.94. The van der Waals surface area contributed by atoms with Gasteiger partial charge in [-0.25, -0.2) is 4.98 Å². The van der Waals surface area contributed by atoms with Gasteiger partial charge in [-0.1, -0.05) is 0 Å². The van der Waals surface area contributed by atoms with Crippen molar-refractivity contribution in [2.75, 3.05) is 6.61 Å². The minimum Gasteiger partial charge on any atom is -0.370 e. The van der Waals surface area contributed by atoms with Gasteiger partial charge in [-0.15, -0.1) is 0 Å². The minimum absolute atomic E-state index is 0.0664. The van der Waals surface area contributed by atoms with Crippen molar-refractivity contribution < 1.29 is 9.53 Å². The van der Waals surface area contributed by atoms with Crippen LogP contribution < -0.4 is 0 Å². The van der Waals surface area contributed by atoms with Crippen LogP contribution in [0, 0.1) is 0 Å². The van der Waals surface area contributed by atoms with Gasteiger partial charge >= 0.3 is 0 Å². The largest absolute Gasteiger partial charge is 0.370 e. The number of carbonyl (C=O) groups is 1. The predicted molar refractivity (Wildman–Crippen MR) is 59.4 cm³/mol. The van der Waals surface area contributed by atoms with E-state index in [2.05, 4.69) is 9.97 Å². The lowest BCUT2D eigenvalue weighted by molar-refractivity contribution is 0.0644. The number of aromatic nitrogens is 2. The molecular formula is C12H12N2O2. The van der Waals surface area contributed by atoms with E-state index in [1.807, 2.05) is 12.1 Å². The summed E-state index contributed by atoms with van der Waals surface area (Å²) in [5, 5.41) is 0.878. The second kappa shape index (κ2) is 3.72. The molecule has 82 valence electrons. The van der Waals surface area contributed by atoms with Crippen molar-refractivity contribution in [3.63, 3.8) is 0 Å². The number of ketones is 1. The van der Waals surface area contributed by atoms with Crippen LogP contribution in [0.25, 0.3) is 11.0 Å². The van der Waals surface area contributed by atoms with Crippen molar-refractivity contribution in [3.05, 3.63) is 30.1 Å². The van der Waals surface area contributed by atoms with Crippen molar-refractivity contribution in [2.45, 2.75) is 18.9 Å². The number of ether oxygens (including phenoxy) is 1. The van der Waals surface area contributed by atoms with Gasteiger partial charge in [0.1, 0.15) is 11.8 Å². The topological polar surface area (TPSA) is 55.0 Å². The zero-order valence-corrected chi connectivity index (χ0v) is 8.77. The molecule has 2 aromatic heterocycles. The van der Waals surface area contributed by atoms with Crippen molar-refractivity contribution >= 4 is 16.8 Å². The maximum absolute atomic E-state index is 12.1. The summed E-state index contributed by atoms with van der Waals surface area (Å²) in [6, 6.07) is 3.74. The Kier molecular flexibility index (Phi) is 2.22. The minimum atomic E-state index is -0.265. The van der Waals surface area contributed by atoms with E-state index in [9.17, 15) is 4.79 Å². The van der Waals surface area contributed by atoms with Crippen LogP contribution in [-0.2, 0) is 4.74 Å². The number of hydrogen-bond donors (Lipinski definition) is 1. The van der Waals surface area contributed by atoms with E-state index in [1.54, 1.807) is 12.4 Å². The molecule has 1 aliphatic rings. The van der Waals surface area contributed by atoms with Gasteiger partial charge in [0, 0.05) is 30.0 Å². The highest BCUT2D eigenvalue weighted by Gasteiger charge is 2.26. The summed E-state index contributed by atoms with van der Waals surface area (Å²) in [6.07, 6.45) is 4.96. The number of hydrogen-bond acceptors (Lipinski definition) is 3. The molecule has 4 heteroatoms. The third-order valence-corrected chi connectivity index (χ3v) is 2.94. The van der Waals surface area contributed by atoms with E-state index < -0.39 is 0 Å². The quantitative estimate of drug-likeness (QED) is 0.780. The summed E-state index contributed by atoms with van der Waals surface area (Å²) in [5.74, 6) is 0.0664. The second-order valence-electron chi connectivity index (χ2n) is 3.97. The maximum Gasteiger partial charge on any atom is 0.193 e. The maximum atomic E-state index is 12.1. The van der Waals surface area contributed by atoms with Gasteiger partial charge in [-0.05, 0) is 25.0 Å². The highest BCUT2D eigenvalue weighted by Crippen LogP contribution is 2.22. The van der Waals surface area contributed by atoms with E-state index in [4.69, 9.17) is 4.74 Å². The molecule has 1 fully saturated rings. The summed E-state index contributed by atoms with van der Waals surface area (Å²) in [4.78, 5) is 19.3. The van der Waals surface area contributed by atoms with Crippen LogP contribution in [0.4, 0.5) is 0 Å². The average molecular weight is 216 g/mol. The van der Waals surface area contributed by atoms with Crippen LogP contribution in [0.3, 0.4) is 0 Å². The molecule has 4 nitrogen and oxygen atoms in total. The fourth-order valence-electron chi connectivity index (χ4n) is 2.12. The summed E-state index contributed by atoms with van der Waals surface area (Å²) in [5.41, 5.74) is 1.44. The van der Waals surface area contributed by atoms with Gasteiger partial charge in [-0.2, -0.15) is 0 Å². The first-order valence-electron chi connectivity index (χ1n) is 5.44. The van der Waals surface area contributed by atoms with Crippen molar-refractivity contribution in [1.82, 2.24) is 9.97 Å². The van der Waals surface area contributed by atoms with Crippen molar-refractivity contribution in [1.29, 1.82) is 0 Å². The van der Waals surface area contributed by atoms with Crippen LogP contribution in [-0.4, -0.2) is 28.5 Å². The number of nitrogens with zero attached hydrogens (tertiary/aromatic N) is 1. The van der Waals surface area contributed by atoms with Crippen molar-refractivity contribution in [2.24, 2.45) is 0 Å². The van der Waals surface area contributed by atoms with E-state index >= 15 is 0 Å². The van der Waals surface area contributed by atoms with Crippen LogP contribution in [0.2, 0.25) is 0 Å². The molecule has 2 aromatic rings. The van der Waals surface area contributed by atoms with E-state index in [1.165, 1.54) is 0 Å². The lowest BCUT2D eigenvalue weighted by atomic mass is 10.0. The molecule has 1 N–H and O–H groups in total. The van der Waals surface area contributed by atoms with Crippen LogP contribution in [0.15, 0.2) is 24.5 Å². The van der Waals surface area contributed by atoms with Gasteiger partial charge in [0.25, 0.3) is 0 Å². The van der Waals surface area contributed by atoms with Gasteiger partial charge in [-0.3, -0.25) is 4.79 Å². The molecule has 1 atom stereocenters. The standard InChI is InChI=1S/C12H12N2O2/c15-11(10-4-2-6-16-10)9-7-14-12-8(9)3-1-5-13-12/h1,3,5,7,10H,2,4,6H2,(H,13,14). The fraction of sp³-hybridized carbons (Fsp3) is 0.333. The third kappa shape index (κ3) is 1.42. The zero-order valence-electron chi connectivity index (χ0n) is 8.77. The van der Waals surface area contributed by atoms with Gasteiger partial charge < -0.3 is 9.72 Å². The molecule has 0 aliphatic carbocycles. The Morgan fingerprint density at radius 2 is 2.50 bits per heavy atom. The average Bonchev–Trinajstić information content (AvgIpc) is 2.98. The van der Waals surface area contributed by atoms with Gasteiger partial charge in [0.2, 0.25) is 0 Å². The first-order valence-corrected chi connectivity index (χ1v) is 5.44. The number of aromatic amines is 1. The first-order chi connectivity index (χ1) is 7.86. The summed E-state index contributed by atoms with van der Waals surface area (Å²) in [6.45, 7) is 0.691. The molecule has 16 heavy (non-hydrogen) atoms. The highest BCUT2D eigenvalue weighted by molar-refractivity contribution is 6.09. The molecule has 1 saturated heterocycles. The molecule has 0 radical (unpaired) electrons. The summed E-state index contributed by atoms with van der Waals surface area (Å²) in [7, 11) is 0. The molecule has 3 rings (SSSR count). The predicted octanol–water partition coefficient (Wildman–Crippen LogP) is 1.92. The number of H-pyrrole nitrogens is 1. The fourth-order valence-corrected chi connectivity index (χ4v) is 2.12. The number of Topliss-reactive ketones (excluding diaryl/α,β-unsaturated/α-hetero) is 1. The SMILES string of the molecule is O=C(c1c[nH]c2ncccc12)C1CCCO1. The van der Waals surface area contributed by atoms with E-state index in [-0.39, 0.29) is 11.9 Å². The summed E-state index contributed by atoms with van der Waals surface area (Å²) < 4.78 is 5.40. The van der Waals surface area contributed by atoms with E-state index in [0.29, 0.717) is 12.2 Å². The Morgan fingerprint density at radius 3 is 3.31 bits per heavy atom. The normalized spacial score (nSPS) is 20.4.